The number of benzene rings is 2. The predicted molar refractivity (Wildman–Crippen MR) is 122 cm³/mol. The molecule has 3 rings (SSSR count). The van der Waals surface area contributed by atoms with Crippen LogP contribution < -0.4 is 5.32 Å². The number of thioether (sulfide) groups is 1. The van der Waals surface area contributed by atoms with Crippen LogP contribution in [0.25, 0.3) is 0 Å². The Kier molecular flexibility index (Phi) is 8.84. The first-order valence-corrected chi connectivity index (χ1v) is 12.7. The van der Waals surface area contributed by atoms with Crippen LogP contribution in [0.3, 0.4) is 0 Å². The Bertz CT molecular complexity index is 1090. The smallest absolute Gasteiger partial charge is 0.307 e. The fraction of sp³-hybridized carbons (Fsp3) is 0.364. The summed E-state index contributed by atoms with van der Waals surface area (Å²) in [6.45, 7) is 2.41. The number of amides is 1. The number of morpholine rings is 1. The first-order chi connectivity index (χ1) is 15.8. The highest BCUT2D eigenvalue weighted by Crippen LogP contribution is 2.24. The fourth-order valence-corrected chi connectivity index (χ4v) is 5.57. The second kappa shape index (κ2) is 11.6. The van der Waals surface area contributed by atoms with Crippen molar-refractivity contribution in [1.29, 1.82) is 0 Å². The Morgan fingerprint density at radius 2 is 1.85 bits per heavy atom. The first-order valence-electron chi connectivity index (χ1n) is 10.3. The number of aryl methyl sites for hydroxylation is 1. The minimum absolute atomic E-state index is 0.0851. The van der Waals surface area contributed by atoms with Crippen molar-refractivity contribution in [3.05, 3.63) is 53.8 Å². The number of nitrogens with zero attached hydrogens (tertiary/aromatic N) is 1. The van der Waals surface area contributed by atoms with Crippen LogP contribution in [-0.4, -0.2) is 63.3 Å². The Labute approximate surface area is 196 Å². The first kappa shape index (κ1) is 25.2. The van der Waals surface area contributed by atoms with Crippen LogP contribution in [-0.2, 0) is 29.1 Å². The number of esters is 1. The minimum atomic E-state index is -3.72. The topological polar surface area (TPSA) is 102 Å². The Hall–Kier alpha value is -2.47. The molecule has 11 heteroatoms. The molecule has 0 unspecified atom stereocenters. The van der Waals surface area contributed by atoms with Gasteiger partial charge in [0.25, 0.3) is 5.91 Å². The molecule has 0 saturated carbocycles. The van der Waals surface area contributed by atoms with Crippen molar-refractivity contribution in [2.45, 2.75) is 23.1 Å². The van der Waals surface area contributed by atoms with Crippen LogP contribution in [0.5, 0.6) is 0 Å². The number of anilines is 1. The van der Waals surface area contributed by atoms with Gasteiger partial charge in [0, 0.05) is 29.4 Å². The standard InChI is InChI=1S/C22H25FN2O6S2/c1-16-2-5-18(14-20(16)33(28,29)25-9-11-30-12-10-25)24-21(26)15-31-22(27)8-13-32-19-6-3-17(23)4-7-19/h2-7,14H,8-13,15H2,1H3,(H,24,26). The van der Waals surface area contributed by atoms with E-state index in [0.29, 0.717) is 30.2 Å². The third kappa shape index (κ3) is 7.26. The molecule has 0 spiro atoms. The Morgan fingerprint density at radius 3 is 2.55 bits per heavy atom. The number of carbonyl (C=O) groups is 2. The lowest BCUT2D eigenvalue weighted by atomic mass is 10.2. The average Bonchev–Trinajstić information content (AvgIpc) is 2.81. The van der Waals surface area contributed by atoms with E-state index in [4.69, 9.17) is 9.47 Å². The molecular weight excluding hydrogens is 471 g/mol. The van der Waals surface area contributed by atoms with Gasteiger partial charge >= 0.3 is 5.97 Å². The number of rotatable bonds is 9. The molecule has 1 heterocycles. The molecule has 0 aromatic heterocycles. The SMILES string of the molecule is Cc1ccc(NC(=O)COC(=O)CCSc2ccc(F)cc2)cc1S(=O)(=O)N1CCOCC1. The molecule has 1 amide bonds. The number of carbonyl (C=O) groups excluding carboxylic acids is 2. The maximum atomic E-state index is 12.9. The third-order valence-electron chi connectivity index (χ3n) is 4.81. The molecular formula is C22H25FN2O6S2. The largest absolute Gasteiger partial charge is 0.456 e. The Morgan fingerprint density at radius 1 is 1.15 bits per heavy atom. The summed E-state index contributed by atoms with van der Waals surface area (Å²) in [5, 5.41) is 2.56. The lowest BCUT2D eigenvalue weighted by molar-refractivity contribution is -0.146. The van der Waals surface area contributed by atoms with Crippen LogP contribution >= 0.6 is 11.8 Å². The number of halogens is 1. The maximum Gasteiger partial charge on any atom is 0.307 e. The number of nitrogens with one attached hydrogen (secondary N) is 1. The van der Waals surface area contributed by atoms with Crippen molar-refractivity contribution in [2.75, 3.05) is 44.0 Å². The van der Waals surface area contributed by atoms with Gasteiger partial charge in [0.05, 0.1) is 24.5 Å². The lowest BCUT2D eigenvalue weighted by Crippen LogP contribution is -2.40. The molecule has 0 atom stereocenters. The van der Waals surface area contributed by atoms with Crippen LogP contribution in [0.15, 0.2) is 52.3 Å². The van der Waals surface area contributed by atoms with Gasteiger partial charge in [-0.15, -0.1) is 11.8 Å². The molecule has 33 heavy (non-hydrogen) atoms. The van der Waals surface area contributed by atoms with Gasteiger partial charge in [-0.1, -0.05) is 6.07 Å². The second-order valence-corrected chi connectivity index (χ2v) is 10.3. The monoisotopic (exact) mass is 496 g/mol. The summed E-state index contributed by atoms with van der Waals surface area (Å²) >= 11 is 1.37. The van der Waals surface area contributed by atoms with Gasteiger partial charge in [-0.05, 0) is 48.9 Å². The van der Waals surface area contributed by atoms with Crippen LogP contribution in [0, 0.1) is 12.7 Å². The second-order valence-electron chi connectivity index (χ2n) is 7.26. The number of ether oxygens (including phenoxy) is 2. The quantitative estimate of drug-likeness (QED) is 0.421. The van der Waals surface area contributed by atoms with E-state index in [1.807, 2.05) is 0 Å². The molecule has 178 valence electrons. The van der Waals surface area contributed by atoms with Gasteiger partial charge in [0.15, 0.2) is 6.61 Å². The fourth-order valence-electron chi connectivity index (χ4n) is 3.08. The number of hydrogen-bond acceptors (Lipinski definition) is 7. The lowest BCUT2D eigenvalue weighted by Gasteiger charge is -2.26. The number of sulfonamides is 1. The maximum absolute atomic E-state index is 12.9. The molecule has 0 bridgehead atoms. The van der Waals surface area contributed by atoms with Crippen molar-refractivity contribution in [3.8, 4) is 0 Å². The minimum Gasteiger partial charge on any atom is -0.456 e. The van der Waals surface area contributed by atoms with Gasteiger partial charge in [-0.3, -0.25) is 9.59 Å². The van der Waals surface area contributed by atoms with Crippen molar-refractivity contribution in [3.63, 3.8) is 0 Å². The van der Waals surface area contributed by atoms with E-state index in [1.165, 1.54) is 34.3 Å². The summed E-state index contributed by atoms with van der Waals surface area (Å²) < 4.78 is 50.4. The van der Waals surface area contributed by atoms with E-state index in [-0.39, 0.29) is 30.2 Å². The normalized spacial score (nSPS) is 14.6. The molecule has 0 aliphatic carbocycles. The summed E-state index contributed by atoms with van der Waals surface area (Å²) in [7, 11) is -3.72. The zero-order valence-corrected chi connectivity index (χ0v) is 19.7. The van der Waals surface area contributed by atoms with E-state index in [0.717, 1.165) is 4.90 Å². The van der Waals surface area contributed by atoms with Crippen LogP contribution in [0.1, 0.15) is 12.0 Å². The van der Waals surface area contributed by atoms with Gasteiger partial charge in [-0.2, -0.15) is 4.31 Å². The van der Waals surface area contributed by atoms with E-state index in [1.54, 1.807) is 31.2 Å². The molecule has 1 N–H and O–H groups in total. The summed E-state index contributed by atoms with van der Waals surface area (Å²) in [5.74, 6) is -1.02. The Balaban J connectivity index is 1.49. The van der Waals surface area contributed by atoms with Crippen molar-refractivity contribution >= 4 is 39.3 Å². The summed E-state index contributed by atoms with van der Waals surface area (Å²) in [6, 6.07) is 10.5. The summed E-state index contributed by atoms with van der Waals surface area (Å²) in [5.41, 5.74) is 0.852. The van der Waals surface area contributed by atoms with Crippen LogP contribution in [0.4, 0.5) is 10.1 Å². The summed E-state index contributed by atoms with van der Waals surface area (Å²) in [4.78, 5) is 25.0. The third-order valence-corrected chi connectivity index (χ3v) is 7.87. The van der Waals surface area contributed by atoms with Gasteiger partial charge in [0.2, 0.25) is 10.0 Å². The molecule has 0 radical (unpaired) electrons. The zero-order valence-electron chi connectivity index (χ0n) is 18.1. The van der Waals surface area contributed by atoms with E-state index >= 15 is 0 Å². The molecule has 1 aliphatic heterocycles. The van der Waals surface area contributed by atoms with Crippen molar-refractivity contribution in [1.82, 2.24) is 4.31 Å². The molecule has 2 aromatic carbocycles. The highest BCUT2D eigenvalue weighted by atomic mass is 32.2. The van der Waals surface area contributed by atoms with Crippen molar-refractivity contribution in [2.24, 2.45) is 0 Å². The van der Waals surface area contributed by atoms with Gasteiger partial charge < -0.3 is 14.8 Å². The van der Waals surface area contributed by atoms with E-state index < -0.39 is 28.5 Å². The molecule has 1 fully saturated rings. The highest BCUT2D eigenvalue weighted by molar-refractivity contribution is 7.99. The predicted octanol–water partition coefficient (Wildman–Crippen LogP) is 2.82. The van der Waals surface area contributed by atoms with Crippen molar-refractivity contribution < 1.29 is 31.9 Å². The van der Waals surface area contributed by atoms with E-state index in [9.17, 15) is 22.4 Å². The molecule has 8 nitrogen and oxygen atoms in total. The zero-order chi connectivity index (χ0) is 23.8. The molecule has 1 aliphatic rings. The van der Waals surface area contributed by atoms with E-state index in [2.05, 4.69) is 5.32 Å². The van der Waals surface area contributed by atoms with Gasteiger partial charge in [-0.25, -0.2) is 12.8 Å². The highest BCUT2D eigenvalue weighted by Gasteiger charge is 2.28. The summed E-state index contributed by atoms with van der Waals surface area (Å²) in [6.07, 6.45) is 0.0851. The molecule has 1 saturated heterocycles. The van der Waals surface area contributed by atoms with Crippen LogP contribution in [0.2, 0.25) is 0 Å². The number of hydrogen-bond donors (Lipinski definition) is 1. The van der Waals surface area contributed by atoms with Gasteiger partial charge in [0.1, 0.15) is 5.82 Å². The molecule has 2 aromatic rings. The average molecular weight is 497 g/mol.